The lowest BCUT2D eigenvalue weighted by molar-refractivity contribution is 0.0955. The predicted octanol–water partition coefficient (Wildman–Crippen LogP) is 2.69. The molecule has 1 amide bonds. The summed E-state index contributed by atoms with van der Waals surface area (Å²) in [6, 6.07) is 13.8. The molecule has 0 aliphatic rings. The molecular formula is C14H12ClN3O. The van der Waals surface area contributed by atoms with Gasteiger partial charge < -0.3 is 5.73 Å². The third kappa shape index (κ3) is 3.82. The van der Waals surface area contributed by atoms with Crippen molar-refractivity contribution in [3.8, 4) is 0 Å². The SMILES string of the molecule is Nc1cccc(C(=O)NN=Cc2ccc(Cl)cc2)c1. The zero-order valence-corrected chi connectivity index (χ0v) is 10.8. The largest absolute Gasteiger partial charge is 0.399 e. The maximum atomic E-state index is 11.7. The van der Waals surface area contributed by atoms with Crippen molar-refractivity contribution < 1.29 is 4.79 Å². The average molecular weight is 274 g/mol. The predicted molar refractivity (Wildman–Crippen MR) is 77.4 cm³/mol. The van der Waals surface area contributed by atoms with Crippen LogP contribution in [-0.4, -0.2) is 12.1 Å². The molecule has 2 rings (SSSR count). The third-order valence-electron chi connectivity index (χ3n) is 2.40. The Balaban J connectivity index is 1.98. The number of benzene rings is 2. The molecule has 4 nitrogen and oxygen atoms in total. The van der Waals surface area contributed by atoms with Crippen LogP contribution in [0.1, 0.15) is 15.9 Å². The zero-order chi connectivity index (χ0) is 13.7. The number of anilines is 1. The minimum Gasteiger partial charge on any atom is -0.399 e. The van der Waals surface area contributed by atoms with Crippen LogP contribution < -0.4 is 11.2 Å². The highest BCUT2D eigenvalue weighted by Crippen LogP contribution is 2.08. The highest BCUT2D eigenvalue weighted by molar-refractivity contribution is 6.30. The zero-order valence-electron chi connectivity index (χ0n) is 10.0. The molecule has 0 aromatic heterocycles. The van der Waals surface area contributed by atoms with E-state index in [0.29, 0.717) is 16.3 Å². The topological polar surface area (TPSA) is 67.5 Å². The summed E-state index contributed by atoms with van der Waals surface area (Å²) in [5.74, 6) is -0.308. The molecule has 19 heavy (non-hydrogen) atoms. The van der Waals surface area contributed by atoms with Crippen LogP contribution in [0.15, 0.2) is 53.6 Å². The van der Waals surface area contributed by atoms with Gasteiger partial charge in [0.25, 0.3) is 5.91 Å². The summed E-state index contributed by atoms with van der Waals surface area (Å²) >= 11 is 5.76. The van der Waals surface area contributed by atoms with Crippen LogP contribution in [0.4, 0.5) is 5.69 Å². The molecule has 0 aliphatic carbocycles. The fraction of sp³-hybridized carbons (Fsp3) is 0. The van der Waals surface area contributed by atoms with E-state index in [1.807, 2.05) is 0 Å². The highest BCUT2D eigenvalue weighted by Gasteiger charge is 2.03. The Morgan fingerprint density at radius 1 is 1.21 bits per heavy atom. The van der Waals surface area contributed by atoms with Crippen LogP contribution in [0.2, 0.25) is 5.02 Å². The number of carbonyl (C=O) groups excluding carboxylic acids is 1. The Morgan fingerprint density at radius 2 is 1.95 bits per heavy atom. The lowest BCUT2D eigenvalue weighted by Gasteiger charge is -2.00. The summed E-state index contributed by atoms with van der Waals surface area (Å²) in [4.78, 5) is 11.7. The molecular weight excluding hydrogens is 262 g/mol. The molecule has 3 N–H and O–H groups in total. The summed E-state index contributed by atoms with van der Waals surface area (Å²) in [5, 5.41) is 4.52. The first kappa shape index (κ1) is 13.1. The van der Waals surface area contributed by atoms with Crippen LogP contribution in [0.5, 0.6) is 0 Å². The first-order valence-electron chi connectivity index (χ1n) is 5.59. The normalized spacial score (nSPS) is 10.6. The molecule has 0 radical (unpaired) electrons. The van der Waals surface area contributed by atoms with E-state index in [9.17, 15) is 4.79 Å². The van der Waals surface area contributed by atoms with E-state index in [1.54, 1.807) is 54.7 Å². The van der Waals surface area contributed by atoms with E-state index in [1.165, 1.54) is 0 Å². The van der Waals surface area contributed by atoms with Gasteiger partial charge in [0.15, 0.2) is 0 Å². The second kappa shape index (κ2) is 6.02. The van der Waals surface area contributed by atoms with E-state index in [-0.39, 0.29) is 5.91 Å². The van der Waals surface area contributed by atoms with Crippen molar-refractivity contribution in [1.82, 2.24) is 5.43 Å². The highest BCUT2D eigenvalue weighted by atomic mass is 35.5. The Kier molecular flexibility index (Phi) is 4.15. The number of hydrazone groups is 1. The number of carbonyl (C=O) groups is 1. The minimum atomic E-state index is -0.308. The van der Waals surface area contributed by atoms with Gasteiger partial charge in [-0.15, -0.1) is 0 Å². The first-order chi connectivity index (χ1) is 9.15. The summed E-state index contributed by atoms with van der Waals surface area (Å²) in [6.45, 7) is 0. The average Bonchev–Trinajstić information content (AvgIpc) is 2.41. The van der Waals surface area contributed by atoms with Crippen LogP contribution >= 0.6 is 11.6 Å². The standard InChI is InChI=1S/C14H12ClN3O/c15-12-6-4-10(5-7-12)9-17-18-14(19)11-2-1-3-13(16)8-11/h1-9H,16H2,(H,18,19). The van der Waals surface area contributed by atoms with Gasteiger partial charge in [0.1, 0.15) is 0 Å². The van der Waals surface area contributed by atoms with Gasteiger partial charge in [0.2, 0.25) is 0 Å². The van der Waals surface area contributed by atoms with Crippen molar-refractivity contribution >= 4 is 29.4 Å². The fourth-order valence-corrected chi connectivity index (χ4v) is 1.58. The Morgan fingerprint density at radius 3 is 2.63 bits per heavy atom. The molecule has 2 aromatic rings. The molecule has 0 spiro atoms. The Hall–Kier alpha value is -2.33. The third-order valence-corrected chi connectivity index (χ3v) is 2.65. The summed E-state index contributed by atoms with van der Waals surface area (Å²) in [5.41, 5.74) is 9.88. The Labute approximate surface area is 115 Å². The van der Waals surface area contributed by atoms with Crippen LogP contribution in [0.3, 0.4) is 0 Å². The summed E-state index contributed by atoms with van der Waals surface area (Å²) < 4.78 is 0. The van der Waals surface area contributed by atoms with E-state index in [4.69, 9.17) is 17.3 Å². The molecule has 2 aromatic carbocycles. The fourth-order valence-electron chi connectivity index (χ4n) is 1.46. The molecule has 0 atom stereocenters. The number of hydrogen-bond acceptors (Lipinski definition) is 3. The van der Waals surface area contributed by atoms with E-state index in [2.05, 4.69) is 10.5 Å². The first-order valence-corrected chi connectivity index (χ1v) is 5.97. The summed E-state index contributed by atoms with van der Waals surface area (Å²) in [7, 11) is 0. The molecule has 0 heterocycles. The number of hydrogen-bond donors (Lipinski definition) is 2. The number of rotatable bonds is 3. The van der Waals surface area contributed by atoms with E-state index >= 15 is 0 Å². The van der Waals surface area contributed by atoms with Gasteiger partial charge in [-0.3, -0.25) is 4.79 Å². The van der Waals surface area contributed by atoms with Crippen molar-refractivity contribution in [3.63, 3.8) is 0 Å². The van der Waals surface area contributed by atoms with E-state index < -0.39 is 0 Å². The van der Waals surface area contributed by atoms with Gasteiger partial charge in [-0.2, -0.15) is 5.10 Å². The second-order valence-electron chi connectivity index (χ2n) is 3.88. The lowest BCUT2D eigenvalue weighted by atomic mass is 10.2. The second-order valence-corrected chi connectivity index (χ2v) is 4.31. The maximum absolute atomic E-state index is 11.7. The molecule has 0 saturated carbocycles. The smallest absolute Gasteiger partial charge is 0.271 e. The molecule has 96 valence electrons. The summed E-state index contributed by atoms with van der Waals surface area (Å²) in [6.07, 6.45) is 1.54. The van der Waals surface area contributed by atoms with Gasteiger partial charge in [-0.1, -0.05) is 29.8 Å². The van der Waals surface area contributed by atoms with Crippen molar-refractivity contribution in [2.24, 2.45) is 5.10 Å². The van der Waals surface area contributed by atoms with Crippen molar-refractivity contribution in [1.29, 1.82) is 0 Å². The molecule has 0 unspecified atom stereocenters. The van der Waals surface area contributed by atoms with Gasteiger partial charge in [-0.25, -0.2) is 5.43 Å². The van der Waals surface area contributed by atoms with Gasteiger partial charge >= 0.3 is 0 Å². The van der Waals surface area contributed by atoms with Crippen LogP contribution in [0, 0.1) is 0 Å². The maximum Gasteiger partial charge on any atom is 0.271 e. The molecule has 0 saturated heterocycles. The monoisotopic (exact) mass is 273 g/mol. The van der Waals surface area contributed by atoms with E-state index in [0.717, 1.165) is 5.56 Å². The lowest BCUT2D eigenvalue weighted by Crippen LogP contribution is -2.17. The van der Waals surface area contributed by atoms with Crippen LogP contribution in [0.25, 0.3) is 0 Å². The molecule has 5 heteroatoms. The van der Waals surface area contributed by atoms with Crippen molar-refractivity contribution in [3.05, 3.63) is 64.7 Å². The van der Waals surface area contributed by atoms with Crippen molar-refractivity contribution in [2.75, 3.05) is 5.73 Å². The number of nitrogens with one attached hydrogen (secondary N) is 1. The number of nitrogens with zero attached hydrogens (tertiary/aromatic N) is 1. The number of amides is 1. The van der Waals surface area contributed by atoms with Gasteiger partial charge in [0.05, 0.1) is 6.21 Å². The quantitative estimate of drug-likeness (QED) is 0.513. The van der Waals surface area contributed by atoms with Gasteiger partial charge in [0, 0.05) is 16.3 Å². The van der Waals surface area contributed by atoms with Crippen molar-refractivity contribution in [2.45, 2.75) is 0 Å². The molecule has 0 aliphatic heterocycles. The molecule has 0 fully saturated rings. The Bertz CT molecular complexity index is 608. The molecule has 0 bridgehead atoms. The number of nitrogens with two attached hydrogens (primary N) is 1. The van der Waals surface area contributed by atoms with Gasteiger partial charge in [-0.05, 0) is 35.9 Å². The minimum absolute atomic E-state index is 0.308. The number of nitrogen functional groups attached to an aromatic ring is 1. The van der Waals surface area contributed by atoms with Crippen LogP contribution in [-0.2, 0) is 0 Å². The number of halogens is 1.